The Hall–Kier alpha value is -2.07. The zero-order chi connectivity index (χ0) is 15.1. The normalized spacial score (nSPS) is 10.6. The van der Waals surface area contributed by atoms with Gasteiger partial charge in [-0.1, -0.05) is 30.3 Å². The predicted molar refractivity (Wildman–Crippen MR) is 76.3 cm³/mol. The van der Waals surface area contributed by atoms with Crippen LogP contribution in [0.3, 0.4) is 0 Å². The molecule has 0 saturated heterocycles. The third-order valence-electron chi connectivity index (χ3n) is 3.07. The summed E-state index contributed by atoms with van der Waals surface area (Å²) in [4.78, 5) is 11.7. The minimum Gasteiger partial charge on any atom is -0.373 e. The van der Waals surface area contributed by atoms with Crippen LogP contribution < -0.4 is 0 Å². The van der Waals surface area contributed by atoms with Crippen LogP contribution in [0, 0.1) is 11.6 Å². The van der Waals surface area contributed by atoms with Gasteiger partial charge in [0.2, 0.25) is 0 Å². The summed E-state index contributed by atoms with van der Waals surface area (Å²) in [7, 11) is 0. The van der Waals surface area contributed by atoms with Crippen LogP contribution in [0.1, 0.15) is 22.3 Å². The Morgan fingerprint density at radius 2 is 1.76 bits per heavy atom. The molecule has 0 saturated carbocycles. The fourth-order valence-corrected chi connectivity index (χ4v) is 1.94. The van der Waals surface area contributed by atoms with Crippen LogP contribution in [0.15, 0.2) is 48.5 Å². The number of carbonyl (C=O) groups excluding carboxylic acids is 1. The standard InChI is InChI=1S/C17H16F2O2/c18-15-9-8-14(11-16(15)19)17(20)12-21-10-4-7-13-5-2-1-3-6-13/h1-3,5-6,8-9,11H,4,7,10,12H2. The van der Waals surface area contributed by atoms with Crippen molar-refractivity contribution in [3.8, 4) is 0 Å². The van der Waals surface area contributed by atoms with Gasteiger partial charge in [-0.05, 0) is 36.6 Å². The van der Waals surface area contributed by atoms with Crippen molar-refractivity contribution in [2.45, 2.75) is 12.8 Å². The zero-order valence-electron chi connectivity index (χ0n) is 11.5. The smallest absolute Gasteiger partial charge is 0.188 e. The van der Waals surface area contributed by atoms with E-state index in [4.69, 9.17) is 4.74 Å². The number of carbonyl (C=O) groups is 1. The molecule has 0 amide bonds. The average Bonchev–Trinajstić information content (AvgIpc) is 2.50. The highest BCUT2D eigenvalue weighted by atomic mass is 19.2. The van der Waals surface area contributed by atoms with E-state index in [-0.39, 0.29) is 18.0 Å². The molecule has 0 spiro atoms. The van der Waals surface area contributed by atoms with E-state index < -0.39 is 11.6 Å². The molecule has 0 unspecified atom stereocenters. The summed E-state index contributed by atoms with van der Waals surface area (Å²) in [5.74, 6) is -2.34. The second-order valence-electron chi connectivity index (χ2n) is 4.69. The molecule has 0 aliphatic heterocycles. The number of rotatable bonds is 7. The first kappa shape index (κ1) is 15.3. The number of Topliss-reactive ketones (excluding diaryl/α,β-unsaturated/α-hetero) is 1. The highest BCUT2D eigenvalue weighted by molar-refractivity contribution is 5.97. The number of ether oxygens (including phenoxy) is 1. The van der Waals surface area contributed by atoms with E-state index in [2.05, 4.69) is 0 Å². The molecule has 2 rings (SSSR count). The first-order valence-corrected chi connectivity index (χ1v) is 6.77. The van der Waals surface area contributed by atoms with Gasteiger partial charge in [0.25, 0.3) is 0 Å². The van der Waals surface area contributed by atoms with Gasteiger partial charge in [-0.2, -0.15) is 0 Å². The van der Waals surface area contributed by atoms with E-state index in [1.807, 2.05) is 30.3 Å². The van der Waals surface area contributed by atoms with Gasteiger partial charge in [-0.15, -0.1) is 0 Å². The summed E-state index contributed by atoms with van der Waals surface area (Å²) in [5, 5.41) is 0. The molecule has 0 aliphatic carbocycles. The molecule has 2 aromatic carbocycles. The van der Waals surface area contributed by atoms with E-state index in [9.17, 15) is 13.6 Å². The molecule has 21 heavy (non-hydrogen) atoms. The summed E-state index contributed by atoms with van der Waals surface area (Å²) in [6.07, 6.45) is 1.68. The van der Waals surface area contributed by atoms with E-state index in [0.29, 0.717) is 6.61 Å². The molecule has 0 heterocycles. The first-order valence-electron chi connectivity index (χ1n) is 6.77. The molecule has 2 nitrogen and oxygen atoms in total. The molecule has 0 radical (unpaired) electrons. The molecular formula is C17H16F2O2. The third-order valence-corrected chi connectivity index (χ3v) is 3.07. The van der Waals surface area contributed by atoms with Gasteiger partial charge in [0, 0.05) is 12.2 Å². The van der Waals surface area contributed by atoms with Gasteiger partial charge in [0.1, 0.15) is 6.61 Å². The highest BCUT2D eigenvalue weighted by Crippen LogP contribution is 2.09. The van der Waals surface area contributed by atoms with Crippen molar-refractivity contribution in [3.05, 3.63) is 71.3 Å². The fourth-order valence-electron chi connectivity index (χ4n) is 1.94. The summed E-state index contributed by atoms with van der Waals surface area (Å²) in [6, 6.07) is 13.1. The van der Waals surface area contributed by atoms with E-state index in [1.54, 1.807) is 0 Å². The van der Waals surface area contributed by atoms with Crippen LogP contribution in [0.2, 0.25) is 0 Å². The quantitative estimate of drug-likeness (QED) is 0.573. The van der Waals surface area contributed by atoms with Crippen molar-refractivity contribution in [2.75, 3.05) is 13.2 Å². The molecule has 0 fully saturated rings. The summed E-state index contributed by atoms with van der Waals surface area (Å²) in [6.45, 7) is 0.324. The Morgan fingerprint density at radius 3 is 2.48 bits per heavy atom. The van der Waals surface area contributed by atoms with Crippen LogP contribution in [0.4, 0.5) is 8.78 Å². The molecule has 0 aromatic heterocycles. The maximum atomic E-state index is 13.0. The molecule has 110 valence electrons. The predicted octanol–water partition coefficient (Wildman–Crippen LogP) is 3.80. The Morgan fingerprint density at radius 1 is 1.00 bits per heavy atom. The molecule has 0 N–H and O–H groups in total. The monoisotopic (exact) mass is 290 g/mol. The number of ketones is 1. The molecule has 2 aromatic rings. The summed E-state index contributed by atoms with van der Waals surface area (Å²) < 4.78 is 31.0. The van der Waals surface area contributed by atoms with Crippen molar-refractivity contribution in [3.63, 3.8) is 0 Å². The van der Waals surface area contributed by atoms with Gasteiger partial charge in [-0.25, -0.2) is 8.78 Å². The minimum atomic E-state index is -1.02. The second-order valence-corrected chi connectivity index (χ2v) is 4.69. The zero-order valence-corrected chi connectivity index (χ0v) is 11.5. The molecule has 4 heteroatoms. The SMILES string of the molecule is O=C(COCCCc1ccccc1)c1ccc(F)c(F)c1. The van der Waals surface area contributed by atoms with Gasteiger partial charge >= 0.3 is 0 Å². The number of aryl methyl sites for hydroxylation is 1. The van der Waals surface area contributed by atoms with Crippen LogP contribution >= 0.6 is 0 Å². The Labute approximate surface area is 122 Å². The Balaban J connectivity index is 1.71. The van der Waals surface area contributed by atoms with Crippen LogP contribution in [-0.2, 0) is 11.2 Å². The lowest BCUT2D eigenvalue weighted by Gasteiger charge is -2.05. The van der Waals surface area contributed by atoms with Crippen molar-refractivity contribution in [1.29, 1.82) is 0 Å². The molecule has 0 atom stereocenters. The average molecular weight is 290 g/mol. The van der Waals surface area contributed by atoms with Gasteiger partial charge in [0.15, 0.2) is 17.4 Å². The lowest BCUT2D eigenvalue weighted by molar-refractivity contribution is 0.0755. The first-order chi connectivity index (χ1) is 10.2. The molecule has 0 aliphatic rings. The van der Waals surface area contributed by atoms with E-state index in [1.165, 1.54) is 11.6 Å². The Kier molecular flexibility index (Phi) is 5.58. The van der Waals surface area contributed by atoms with Crippen molar-refractivity contribution >= 4 is 5.78 Å². The molecular weight excluding hydrogens is 274 g/mol. The van der Waals surface area contributed by atoms with Gasteiger partial charge < -0.3 is 4.74 Å². The van der Waals surface area contributed by atoms with E-state index >= 15 is 0 Å². The maximum absolute atomic E-state index is 13.0. The topological polar surface area (TPSA) is 26.3 Å². The number of hydrogen-bond donors (Lipinski definition) is 0. The lowest BCUT2D eigenvalue weighted by atomic mass is 10.1. The lowest BCUT2D eigenvalue weighted by Crippen LogP contribution is -2.10. The van der Waals surface area contributed by atoms with Crippen LogP contribution in [0.25, 0.3) is 0 Å². The van der Waals surface area contributed by atoms with Crippen molar-refractivity contribution in [2.24, 2.45) is 0 Å². The van der Waals surface area contributed by atoms with Crippen LogP contribution in [0.5, 0.6) is 0 Å². The van der Waals surface area contributed by atoms with Crippen molar-refractivity contribution < 1.29 is 18.3 Å². The van der Waals surface area contributed by atoms with Gasteiger partial charge in [0.05, 0.1) is 0 Å². The Bertz CT molecular complexity index is 597. The number of benzene rings is 2. The molecule has 0 bridgehead atoms. The number of hydrogen-bond acceptors (Lipinski definition) is 2. The highest BCUT2D eigenvalue weighted by Gasteiger charge is 2.09. The third kappa shape index (κ3) is 4.76. The van der Waals surface area contributed by atoms with Gasteiger partial charge in [-0.3, -0.25) is 4.79 Å². The fraction of sp³-hybridized carbons (Fsp3) is 0.235. The summed E-state index contributed by atoms with van der Waals surface area (Å²) >= 11 is 0. The van der Waals surface area contributed by atoms with Crippen LogP contribution in [-0.4, -0.2) is 19.0 Å². The minimum absolute atomic E-state index is 0.122. The van der Waals surface area contributed by atoms with E-state index in [0.717, 1.165) is 25.0 Å². The summed E-state index contributed by atoms with van der Waals surface area (Å²) in [5.41, 5.74) is 1.34. The number of halogens is 2. The van der Waals surface area contributed by atoms with Crippen molar-refractivity contribution in [1.82, 2.24) is 0 Å². The largest absolute Gasteiger partial charge is 0.373 e. The second kappa shape index (κ2) is 7.64. The maximum Gasteiger partial charge on any atom is 0.188 e.